The van der Waals surface area contributed by atoms with Crippen molar-refractivity contribution in [3.05, 3.63) is 0 Å². The van der Waals surface area contributed by atoms with Gasteiger partial charge in [0, 0.05) is 6.04 Å². The van der Waals surface area contributed by atoms with Gasteiger partial charge in [-0.15, -0.1) is 0 Å². The molecule has 0 spiro atoms. The zero-order valence-electron chi connectivity index (χ0n) is 9.27. The Bertz CT molecular complexity index is 89.0. The molecule has 1 aliphatic rings. The average molecular weight is 171 g/mol. The lowest BCUT2D eigenvalue weighted by Crippen LogP contribution is -2.37. The monoisotopic (exact) mass is 171 g/mol. The molecule has 1 nitrogen and oxygen atoms in total. The number of hydrogen-bond donors (Lipinski definition) is 0. The summed E-state index contributed by atoms with van der Waals surface area (Å²) >= 11 is 0. The molecule has 1 aliphatic heterocycles. The highest BCUT2D eigenvalue weighted by Crippen LogP contribution is 2.15. The summed E-state index contributed by atoms with van der Waals surface area (Å²) in [6, 6.07) is 0.855. The molecular weight excluding hydrogens is 146 g/mol. The lowest BCUT2D eigenvalue weighted by atomic mass is 10.0. The summed E-state index contributed by atoms with van der Waals surface area (Å²) in [5.74, 6) is 0. The fraction of sp³-hybridized carbons (Fsp3) is 1.00. The molecule has 0 aromatic rings. The van der Waals surface area contributed by atoms with Crippen molar-refractivity contribution < 1.29 is 0 Å². The molecule has 0 saturated carbocycles. The minimum Gasteiger partial charge on any atom is -0.301 e. The number of hydrogen-bond acceptors (Lipinski definition) is 1. The van der Waals surface area contributed by atoms with Gasteiger partial charge in [-0.05, 0) is 39.3 Å². The minimum atomic E-state index is 0.855. The molecule has 1 fully saturated rings. The topological polar surface area (TPSA) is 3.24 Å². The molecule has 0 aliphatic carbocycles. The van der Waals surface area contributed by atoms with E-state index in [0.29, 0.717) is 0 Å². The Morgan fingerprint density at radius 2 is 1.92 bits per heavy atom. The largest absolute Gasteiger partial charge is 0.301 e. The van der Waals surface area contributed by atoms with Crippen LogP contribution < -0.4 is 0 Å². The van der Waals surface area contributed by atoms with Gasteiger partial charge in [0.2, 0.25) is 0 Å². The van der Waals surface area contributed by atoms with E-state index in [2.05, 4.69) is 18.7 Å². The fourth-order valence-electron chi connectivity index (χ4n) is 1.78. The SMILES string of the molecule is CC.CCCN1CCCCC1C. The second kappa shape index (κ2) is 7.60. The first-order valence-corrected chi connectivity index (χ1v) is 5.58. The van der Waals surface area contributed by atoms with Crippen LogP contribution in [-0.4, -0.2) is 24.0 Å². The number of nitrogens with zero attached hydrogens (tertiary/aromatic N) is 1. The molecule has 0 aromatic carbocycles. The van der Waals surface area contributed by atoms with Gasteiger partial charge in [0.1, 0.15) is 0 Å². The first kappa shape index (κ1) is 12.0. The van der Waals surface area contributed by atoms with Crippen LogP contribution in [0.1, 0.15) is 53.4 Å². The van der Waals surface area contributed by atoms with Crippen LogP contribution in [0.3, 0.4) is 0 Å². The van der Waals surface area contributed by atoms with Crippen LogP contribution in [0.15, 0.2) is 0 Å². The molecule has 1 saturated heterocycles. The molecule has 0 radical (unpaired) electrons. The average Bonchev–Trinajstić information content (AvgIpc) is 2.13. The van der Waals surface area contributed by atoms with Crippen LogP contribution in [-0.2, 0) is 0 Å². The molecule has 0 bridgehead atoms. The van der Waals surface area contributed by atoms with E-state index in [9.17, 15) is 0 Å². The van der Waals surface area contributed by atoms with Crippen molar-refractivity contribution in [3.63, 3.8) is 0 Å². The van der Waals surface area contributed by atoms with Gasteiger partial charge in [-0.1, -0.05) is 27.2 Å². The van der Waals surface area contributed by atoms with Crippen molar-refractivity contribution in [3.8, 4) is 0 Å². The van der Waals surface area contributed by atoms with Crippen molar-refractivity contribution >= 4 is 0 Å². The third kappa shape index (κ3) is 4.10. The van der Waals surface area contributed by atoms with E-state index in [4.69, 9.17) is 0 Å². The molecule has 1 heteroatoms. The molecular formula is C11H25N. The summed E-state index contributed by atoms with van der Waals surface area (Å²) in [6.45, 7) is 11.3. The summed E-state index contributed by atoms with van der Waals surface area (Å²) in [4.78, 5) is 2.61. The zero-order chi connectivity index (χ0) is 9.40. The second-order valence-corrected chi connectivity index (χ2v) is 3.38. The predicted octanol–water partition coefficient (Wildman–Crippen LogP) is 3.30. The summed E-state index contributed by atoms with van der Waals surface area (Å²) in [7, 11) is 0. The smallest absolute Gasteiger partial charge is 0.00669 e. The Kier molecular flexibility index (Phi) is 7.58. The van der Waals surface area contributed by atoms with Crippen LogP contribution >= 0.6 is 0 Å². The Balaban J connectivity index is 0.000000561. The molecule has 0 amide bonds. The van der Waals surface area contributed by atoms with E-state index in [-0.39, 0.29) is 0 Å². The Labute approximate surface area is 78.1 Å². The van der Waals surface area contributed by atoms with E-state index in [0.717, 1.165) is 6.04 Å². The van der Waals surface area contributed by atoms with Crippen molar-refractivity contribution in [2.24, 2.45) is 0 Å². The molecule has 1 heterocycles. The first-order valence-electron chi connectivity index (χ1n) is 5.58. The first-order chi connectivity index (χ1) is 5.84. The van der Waals surface area contributed by atoms with Gasteiger partial charge in [0.15, 0.2) is 0 Å². The van der Waals surface area contributed by atoms with Crippen LogP contribution in [0.2, 0.25) is 0 Å². The standard InChI is InChI=1S/C9H19N.C2H6/c1-3-7-10-8-5-4-6-9(10)2;1-2/h9H,3-8H2,1-2H3;1-2H3. The Hall–Kier alpha value is -0.0400. The highest BCUT2D eigenvalue weighted by atomic mass is 15.1. The maximum Gasteiger partial charge on any atom is 0.00669 e. The number of likely N-dealkylation sites (tertiary alicyclic amines) is 1. The van der Waals surface area contributed by atoms with E-state index in [1.54, 1.807) is 0 Å². The minimum absolute atomic E-state index is 0.855. The predicted molar refractivity (Wildman–Crippen MR) is 56.5 cm³/mol. The summed E-state index contributed by atoms with van der Waals surface area (Å²) < 4.78 is 0. The van der Waals surface area contributed by atoms with E-state index in [1.165, 1.54) is 38.8 Å². The Morgan fingerprint density at radius 3 is 2.42 bits per heavy atom. The molecule has 1 rings (SSSR count). The molecule has 1 atom stereocenters. The lowest BCUT2D eigenvalue weighted by molar-refractivity contribution is 0.161. The van der Waals surface area contributed by atoms with Crippen LogP contribution in [0.4, 0.5) is 0 Å². The fourth-order valence-corrected chi connectivity index (χ4v) is 1.78. The van der Waals surface area contributed by atoms with E-state index in [1.807, 2.05) is 13.8 Å². The number of rotatable bonds is 2. The van der Waals surface area contributed by atoms with Crippen LogP contribution in [0, 0.1) is 0 Å². The maximum absolute atomic E-state index is 2.61. The van der Waals surface area contributed by atoms with E-state index >= 15 is 0 Å². The van der Waals surface area contributed by atoms with Crippen molar-refractivity contribution in [2.45, 2.75) is 59.4 Å². The van der Waals surface area contributed by atoms with Gasteiger partial charge in [-0.2, -0.15) is 0 Å². The summed E-state index contributed by atoms with van der Waals surface area (Å²) in [6.07, 6.45) is 5.59. The highest BCUT2D eigenvalue weighted by Gasteiger charge is 2.15. The molecule has 74 valence electrons. The summed E-state index contributed by atoms with van der Waals surface area (Å²) in [5.41, 5.74) is 0. The van der Waals surface area contributed by atoms with Crippen molar-refractivity contribution in [1.29, 1.82) is 0 Å². The van der Waals surface area contributed by atoms with Gasteiger partial charge in [-0.25, -0.2) is 0 Å². The van der Waals surface area contributed by atoms with Crippen LogP contribution in [0.25, 0.3) is 0 Å². The van der Waals surface area contributed by atoms with Gasteiger partial charge < -0.3 is 4.90 Å². The van der Waals surface area contributed by atoms with Gasteiger partial charge in [-0.3, -0.25) is 0 Å². The zero-order valence-corrected chi connectivity index (χ0v) is 9.27. The van der Waals surface area contributed by atoms with Gasteiger partial charge >= 0.3 is 0 Å². The van der Waals surface area contributed by atoms with E-state index < -0.39 is 0 Å². The third-order valence-electron chi connectivity index (χ3n) is 2.45. The van der Waals surface area contributed by atoms with Crippen LogP contribution in [0.5, 0.6) is 0 Å². The Morgan fingerprint density at radius 1 is 1.25 bits per heavy atom. The molecule has 1 unspecified atom stereocenters. The van der Waals surface area contributed by atoms with Crippen molar-refractivity contribution in [1.82, 2.24) is 4.90 Å². The highest BCUT2D eigenvalue weighted by molar-refractivity contribution is 4.71. The number of piperidine rings is 1. The van der Waals surface area contributed by atoms with Gasteiger partial charge in [0.25, 0.3) is 0 Å². The molecule has 12 heavy (non-hydrogen) atoms. The second-order valence-electron chi connectivity index (χ2n) is 3.38. The van der Waals surface area contributed by atoms with Gasteiger partial charge in [0.05, 0.1) is 0 Å². The third-order valence-corrected chi connectivity index (χ3v) is 2.45. The van der Waals surface area contributed by atoms with Crippen molar-refractivity contribution in [2.75, 3.05) is 13.1 Å². The summed E-state index contributed by atoms with van der Waals surface area (Å²) in [5, 5.41) is 0. The molecule has 0 aromatic heterocycles. The molecule has 0 N–H and O–H groups in total. The maximum atomic E-state index is 2.61. The lowest BCUT2D eigenvalue weighted by Gasteiger charge is -2.32. The quantitative estimate of drug-likeness (QED) is 0.616. The normalized spacial score (nSPS) is 24.5.